The van der Waals surface area contributed by atoms with E-state index >= 15 is 4.39 Å². The third-order valence-corrected chi connectivity index (χ3v) is 8.55. The number of fused-ring (bicyclic) bond motifs is 2. The van der Waals surface area contributed by atoms with E-state index in [1.807, 2.05) is 23.1 Å². The minimum absolute atomic E-state index is 0.0403. The van der Waals surface area contributed by atoms with Crippen LogP contribution in [0.25, 0.3) is 22.6 Å². The molecule has 3 aromatic carbocycles. The van der Waals surface area contributed by atoms with Crippen LogP contribution < -0.4 is 5.32 Å². The average Bonchev–Trinajstić information content (AvgIpc) is 3.58. The summed E-state index contributed by atoms with van der Waals surface area (Å²) in [4.78, 5) is 34.3. The van der Waals surface area contributed by atoms with E-state index in [9.17, 15) is 14.7 Å². The second-order valence-electron chi connectivity index (χ2n) is 11.3. The van der Waals surface area contributed by atoms with Crippen molar-refractivity contribution in [3.05, 3.63) is 82.7 Å². The topological polar surface area (TPSA) is 98.9 Å². The number of hydrogen-bond acceptors (Lipinski definition) is 5. The lowest BCUT2D eigenvalue weighted by Crippen LogP contribution is -2.38. The van der Waals surface area contributed by atoms with Gasteiger partial charge in [0.05, 0.1) is 17.7 Å². The first-order valence-electron chi connectivity index (χ1n) is 14.2. The molecule has 41 heavy (non-hydrogen) atoms. The molecule has 1 saturated heterocycles. The van der Waals surface area contributed by atoms with Crippen LogP contribution in [0.4, 0.5) is 14.9 Å². The number of nitrogens with one attached hydrogen (secondary N) is 1. The van der Waals surface area contributed by atoms with Crippen molar-refractivity contribution in [2.24, 2.45) is 0 Å². The van der Waals surface area contributed by atoms with Crippen LogP contribution in [0.15, 0.2) is 59.0 Å². The molecule has 1 aromatic heterocycles. The Balaban J connectivity index is 1.17. The van der Waals surface area contributed by atoms with Crippen molar-refractivity contribution >= 4 is 28.7 Å². The molecular weight excluding hydrogens is 523 g/mol. The molecular formula is C32H31FN4O4. The molecule has 0 bridgehead atoms. The highest BCUT2D eigenvalue weighted by molar-refractivity contribution is 5.99. The lowest BCUT2D eigenvalue weighted by Gasteiger charge is -2.35. The van der Waals surface area contributed by atoms with E-state index in [-0.39, 0.29) is 36.0 Å². The number of benzene rings is 3. The van der Waals surface area contributed by atoms with Crippen LogP contribution in [0.1, 0.15) is 65.2 Å². The van der Waals surface area contributed by atoms with Crippen molar-refractivity contribution in [1.29, 1.82) is 0 Å². The highest BCUT2D eigenvalue weighted by Gasteiger charge is 2.32. The zero-order valence-corrected chi connectivity index (χ0v) is 22.8. The number of likely N-dealkylation sites (tertiary alicyclic amines) is 1. The van der Waals surface area contributed by atoms with Crippen LogP contribution in [-0.4, -0.2) is 57.6 Å². The van der Waals surface area contributed by atoms with E-state index in [1.54, 1.807) is 12.1 Å². The standard InChI is InChI=1S/C32H31FN4O4/c1-18-24-5-3-2-4-19(24)10-13-37(18)31(39)21-14-26(20-6-7-20)29-28(15-21)41-30(35-29)25-9-8-22(16-27(25)33)34-32(40)36-12-11-23(38)17-36/h2-5,8-9,14-16,18,20,23,38H,6-7,10-13,17H2,1H3,(H,34,40)/t18-,23-/m1/s1. The maximum atomic E-state index is 15.3. The van der Waals surface area contributed by atoms with Crippen molar-refractivity contribution in [2.75, 3.05) is 25.0 Å². The molecule has 4 aromatic rings. The van der Waals surface area contributed by atoms with Gasteiger partial charge in [0.15, 0.2) is 5.58 Å². The lowest BCUT2D eigenvalue weighted by molar-refractivity contribution is 0.0677. The molecule has 8 nitrogen and oxygen atoms in total. The number of aromatic nitrogens is 1. The quantitative estimate of drug-likeness (QED) is 0.329. The molecule has 2 aliphatic heterocycles. The second kappa shape index (κ2) is 9.99. The molecule has 1 aliphatic carbocycles. The maximum absolute atomic E-state index is 15.3. The Morgan fingerprint density at radius 2 is 1.88 bits per heavy atom. The number of urea groups is 1. The van der Waals surface area contributed by atoms with Crippen molar-refractivity contribution in [3.8, 4) is 11.5 Å². The number of nitrogens with zero attached hydrogens (tertiary/aromatic N) is 3. The Bertz CT molecular complexity index is 1680. The van der Waals surface area contributed by atoms with Crippen molar-refractivity contribution < 1.29 is 23.5 Å². The number of hydrogen-bond donors (Lipinski definition) is 2. The predicted molar refractivity (Wildman–Crippen MR) is 152 cm³/mol. The summed E-state index contributed by atoms with van der Waals surface area (Å²) in [6, 6.07) is 15.9. The molecule has 3 aliphatic rings. The van der Waals surface area contributed by atoms with Gasteiger partial charge < -0.3 is 24.6 Å². The molecule has 3 heterocycles. The number of oxazole rings is 1. The average molecular weight is 555 g/mol. The number of carbonyl (C=O) groups excluding carboxylic acids is 2. The number of β-amino-alcohol motifs (C(OH)–C–C–N with tert-alkyl or cyclic N) is 1. The fourth-order valence-electron chi connectivity index (χ4n) is 6.11. The van der Waals surface area contributed by atoms with Gasteiger partial charge in [-0.3, -0.25) is 4.79 Å². The minimum atomic E-state index is -0.583. The molecule has 1 saturated carbocycles. The van der Waals surface area contributed by atoms with Gasteiger partial charge >= 0.3 is 6.03 Å². The monoisotopic (exact) mass is 554 g/mol. The van der Waals surface area contributed by atoms with Gasteiger partial charge in [-0.25, -0.2) is 14.2 Å². The van der Waals surface area contributed by atoms with Gasteiger partial charge in [-0.15, -0.1) is 0 Å². The Morgan fingerprint density at radius 1 is 1.05 bits per heavy atom. The third-order valence-electron chi connectivity index (χ3n) is 8.55. The third kappa shape index (κ3) is 4.74. The van der Waals surface area contributed by atoms with Gasteiger partial charge in [-0.05, 0) is 85.5 Å². The minimum Gasteiger partial charge on any atom is -0.436 e. The summed E-state index contributed by atoms with van der Waals surface area (Å²) in [5, 5.41) is 12.4. The molecule has 0 spiro atoms. The Hall–Kier alpha value is -4.24. The molecule has 0 radical (unpaired) electrons. The van der Waals surface area contributed by atoms with Crippen LogP contribution in [0.5, 0.6) is 0 Å². The molecule has 3 amide bonds. The van der Waals surface area contributed by atoms with E-state index in [1.165, 1.54) is 28.2 Å². The predicted octanol–water partition coefficient (Wildman–Crippen LogP) is 5.87. The fourth-order valence-corrected chi connectivity index (χ4v) is 6.11. The number of aliphatic hydroxyl groups is 1. The first-order chi connectivity index (χ1) is 19.9. The number of aliphatic hydroxyl groups excluding tert-OH is 1. The lowest BCUT2D eigenvalue weighted by atomic mass is 9.93. The number of amides is 3. The van der Waals surface area contributed by atoms with Crippen molar-refractivity contribution in [1.82, 2.24) is 14.8 Å². The number of rotatable bonds is 4. The van der Waals surface area contributed by atoms with E-state index in [4.69, 9.17) is 4.42 Å². The Labute approximate surface area is 236 Å². The van der Waals surface area contributed by atoms with Crippen LogP contribution in [-0.2, 0) is 6.42 Å². The number of carbonyl (C=O) groups is 2. The first-order valence-corrected chi connectivity index (χ1v) is 14.2. The van der Waals surface area contributed by atoms with Gasteiger partial charge in [0.2, 0.25) is 5.89 Å². The highest BCUT2D eigenvalue weighted by atomic mass is 19.1. The van der Waals surface area contributed by atoms with Crippen LogP contribution in [0, 0.1) is 5.82 Å². The Kier molecular flexibility index (Phi) is 6.27. The van der Waals surface area contributed by atoms with Gasteiger partial charge in [-0.2, -0.15) is 0 Å². The van der Waals surface area contributed by atoms with E-state index < -0.39 is 11.9 Å². The molecule has 2 N–H and O–H groups in total. The van der Waals surface area contributed by atoms with E-state index in [2.05, 4.69) is 29.4 Å². The van der Waals surface area contributed by atoms with Gasteiger partial charge in [0.25, 0.3) is 5.91 Å². The SMILES string of the molecule is C[C@@H]1c2ccccc2CCN1C(=O)c1cc(C2CC2)c2nc(-c3ccc(NC(=O)N4CC[C@@H](O)C4)cc3F)oc2c1. The number of anilines is 1. The summed E-state index contributed by atoms with van der Waals surface area (Å²) in [6.07, 6.45) is 2.83. The van der Waals surface area contributed by atoms with Crippen LogP contribution >= 0.6 is 0 Å². The number of halogens is 1. The molecule has 2 fully saturated rings. The molecule has 0 unspecified atom stereocenters. The van der Waals surface area contributed by atoms with E-state index in [0.717, 1.165) is 24.8 Å². The summed E-state index contributed by atoms with van der Waals surface area (Å²) in [6.45, 7) is 3.41. The zero-order chi connectivity index (χ0) is 28.2. The summed E-state index contributed by atoms with van der Waals surface area (Å²) in [7, 11) is 0. The second-order valence-corrected chi connectivity index (χ2v) is 11.3. The molecule has 2 atom stereocenters. The molecule has 210 valence electrons. The van der Waals surface area contributed by atoms with E-state index in [0.29, 0.717) is 47.8 Å². The van der Waals surface area contributed by atoms with Crippen molar-refractivity contribution in [3.63, 3.8) is 0 Å². The summed E-state index contributed by atoms with van der Waals surface area (Å²) in [5.41, 5.74) is 5.56. The smallest absolute Gasteiger partial charge is 0.321 e. The van der Waals surface area contributed by atoms with Crippen LogP contribution in [0.3, 0.4) is 0 Å². The van der Waals surface area contributed by atoms with Gasteiger partial charge in [-0.1, -0.05) is 24.3 Å². The van der Waals surface area contributed by atoms with Crippen molar-refractivity contribution in [2.45, 2.75) is 50.7 Å². The normalized spacial score (nSPS) is 20.4. The highest BCUT2D eigenvalue weighted by Crippen LogP contribution is 2.44. The summed E-state index contributed by atoms with van der Waals surface area (Å²) in [5.74, 6) is -0.203. The largest absolute Gasteiger partial charge is 0.436 e. The molecule has 9 heteroatoms. The van der Waals surface area contributed by atoms with Gasteiger partial charge in [0.1, 0.15) is 11.3 Å². The zero-order valence-electron chi connectivity index (χ0n) is 22.8. The first kappa shape index (κ1) is 25.7. The fraction of sp³-hybridized carbons (Fsp3) is 0.344. The summed E-state index contributed by atoms with van der Waals surface area (Å²) >= 11 is 0. The Morgan fingerprint density at radius 3 is 2.63 bits per heavy atom. The molecule has 7 rings (SSSR count). The summed E-state index contributed by atoms with van der Waals surface area (Å²) < 4.78 is 21.4. The van der Waals surface area contributed by atoms with Crippen LogP contribution in [0.2, 0.25) is 0 Å². The maximum Gasteiger partial charge on any atom is 0.321 e. The van der Waals surface area contributed by atoms with Gasteiger partial charge in [0, 0.05) is 30.9 Å².